The van der Waals surface area contributed by atoms with E-state index in [9.17, 15) is 14.4 Å². The second kappa shape index (κ2) is 12.2. The minimum Gasteiger partial charge on any atom is -0.444 e. The van der Waals surface area contributed by atoms with E-state index in [1.54, 1.807) is 46.8 Å². The van der Waals surface area contributed by atoms with E-state index in [0.29, 0.717) is 16.3 Å². The van der Waals surface area contributed by atoms with Gasteiger partial charge in [0.15, 0.2) is 0 Å². The number of ether oxygens (including phenoxy) is 1. The number of amides is 3. The molecule has 2 aromatic rings. The highest BCUT2D eigenvalue weighted by molar-refractivity contribution is 6.34. The summed E-state index contributed by atoms with van der Waals surface area (Å²) in [6.07, 6.45) is 5.11. The standard InChI is InChI=1S/C29H36ClN3O4/c1-10-33(27(35)23(17(2)3)32-28(36)37-29(7,8)9)25(21-16-18(4)14-15-19(21)5)26(34)31-24-20(6)12-11-13-22(24)30/h1,11-17,23,25H,2-9H3,(H,31,34)(H,32,36). The molecule has 198 valence electrons. The van der Waals surface area contributed by atoms with Gasteiger partial charge in [0, 0.05) is 6.04 Å². The lowest BCUT2D eigenvalue weighted by Crippen LogP contribution is -2.53. The van der Waals surface area contributed by atoms with Crippen LogP contribution in [0.3, 0.4) is 0 Å². The Balaban J connectivity index is 2.56. The van der Waals surface area contributed by atoms with E-state index in [2.05, 4.69) is 16.7 Å². The SMILES string of the molecule is C#CN(C(=O)C(NC(=O)OC(C)(C)C)C(C)C)C(C(=O)Nc1c(C)cccc1Cl)c1cc(C)ccc1C. The first kappa shape index (κ1) is 29.7. The van der Waals surface area contributed by atoms with Crippen LogP contribution in [0.15, 0.2) is 36.4 Å². The van der Waals surface area contributed by atoms with Crippen molar-refractivity contribution in [3.63, 3.8) is 0 Å². The molecule has 2 rings (SSSR count). The Morgan fingerprint density at radius 1 is 1.05 bits per heavy atom. The number of benzene rings is 2. The quantitative estimate of drug-likeness (QED) is 0.347. The molecule has 7 nitrogen and oxygen atoms in total. The second-order valence-electron chi connectivity index (χ2n) is 10.4. The van der Waals surface area contributed by atoms with E-state index in [4.69, 9.17) is 22.8 Å². The fourth-order valence-electron chi connectivity index (χ4n) is 3.80. The zero-order valence-corrected chi connectivity index (χ0v) is 23.5. The van der Waals surface area contributed by atoms with Gasteiger partial charge in [0.05, 0.1) is 10.7 Å². The summed E-state index contributed by atoms with van der Waals surface area (Å²) in [6.45, 7) is 14.3. The van der Waals surface area contributed by atoms with Crippen molar-refractivity contribution in [1.82, 2.24) is 10.2 Å². The summed E-state index contributed by atoms with van der Waals surface area (Å²) in [5.41, 5.74) is 2.66. The minimum absolute atomic E-state index is 0.344. The average molecular weight is 526 g/mol. The number of anilines is 1. The molecule has 0 saturated carbocycles. The van der Waals surface area contributed by atoms with E-state index >= 15 is 0 Å². The van der Waals surface area contributed by atoms with Crippen molar-refractivity contribution in [1.29, 1.82) is 0 Å². The Kier molecular flexibility index (Phi) is 9.77. The number of hydrogen-bond donors (Lipinski definition) is 2. The topological polar surface area (TPSA) is 87.7 Å². The molecule has 0 aliphatic rings. The van der Waals surface area contributed by atoms with Crippen LogP contribution < -0.4 is 10.6 Å². The zero-order chi connectivity index (χ0) is 28.1. The first-order chi connectivity index (χ1) is 17.2. The Bertz CT molecular complexity index is 1190. The van der Waals surface area contributed by atoms with Crippen LogP contribution in [0.2, 0.25) is 5.02 Å². The first-order valence-corrected chi connectivity index (χ1v) is 12.5. The molecular formula is C29H36ClN3O4. The molecule has 2 aromatic carbocycles. The van der Waals surface area contributed by atoms with Crippen molar-refractivity contribution in [3.8, 4) is 12.5 Å². The molecule has 0 bridgehead atoms. The smallest absolute Gasteiger partial charge is 0.408 e. The molecule has 3 amide bonds. The predicted molar refractivity (Wildman–Crippen MR) is 147 cm³/mol. The molecule has 2 unspecified atom stereocenters. The van der Waals surface area contributed by atoms with Crippen molar-refractivity contribution >= 4 is 35.2 Å². The van der Waals surface area contributed by atoms with Crippen molar-refractivity contribution in [2.75, 3.05) is 5.32 Å². The van der Waals surface area contributed by atoms with Crippen LogP contribution in [0, 0.1) is 39.2 Å². The molecule has 37 heavy (non-hydrogen) atoms. The van der Waals surface area contributed by atoms with E-state index in [1.165, 1.54) is 0 Å². The molecule has 2 N–H and O–H groups in total. The lowest BCUT2D eigenvalue weighted by molar-refractivity contribution is -0.137. The summed E-state index contributed by atoms with van der Waals surface area (Å²) >= 11 is 6.36. The molecule has 0 radical (unpaired) electrons. The van der Waals surface area contributed by atoms with Gasteiger partial charge in [-0.15, -0.1) is 0 Å². The van der Waals surface area contributed by atoms with E-state index in [1.807, 2.05) is 45.0 Å². The number of alkyl carbamates (subject to hydrolysis) is 1. The molecular weight excluding hydrogens is 490 g/mol. The molecule has 0 fully saturated rings. The maximum atomic E-state index is 13.8. The third-order valence-corrected chi connectivity index (χ3v) is 6.00. The van der Waals surface area contributed by atoms with Gasteiger partial charge < -0.3 is 15.4 Å². The van der Waals surface area contributed by atoms with Crippen LogP contribution >= 0.6 is 11.6 Å². The number of carbonyl (C=O) groups excluding carboxylic acids is 3. The van der Waals surface area contributed by atoms with Gasteiger partial charge in [-0.3, -0.25) is 14.5 Å². The Morgan fingerprint density at radius 3 is 2.24 bits per heavy atom. The number of halogens is 1. The number of para-hydroxylation sites is 1. The normalized spacial score (nSPS) is 12.8. The monoisotopic (exact) mass is 525 g/mol. The Morgan fingerprint density at radius 2 is 1.70 bits per heavy atom. The maximum Gasteiger partial charge on any atom is 0.408 e. The zero-order valence-electron chi connectivity index (χ0n) is 22.7. The summed E-state index contributed by atoms with van der Waals surface area (Å²) in [7, 11) is 0. The van der Waals surface area contributed by atoms with Crippen LogP contribution in [0.1, 0.15) is 62.9 Å². The van der Waals surface area contributed by atoms with Gasteiger partial charge in [-0.05, 0) is 70.2 Å². The van der Waals surface area contributed by atoms with Gasteiger partial charge in [-0.2, -0.15) is 0 Å². The minimum atomic E-state index is -1.19. The molecule has 0 spiro atoms. The van der Waals surface area contributed by atoms with Gasteiger partial charge in [0.25, 0.3) is 11.8 Å². The summed E-state index contributed by atoms with van der Waals surface area (Å²) < 4.78 is 5.35. The number of carbonyl (C=O) groups is 3. The van der Waals surface area contributed by atoms with E-state index in [-0.39, 0.29) is 5.92 Å². The lowest BCUT2D eigenvalue weighted by atomic mass is 9.95. The molecule has 2 atom stereocenters. The van der Waals surface area contributed by atoms with Gasteiger partial charge in [-0.25, -0.2) is 4.79 Å². The number of nitrogens with one attached hydrogen (secondary N) is 2. The largest absolute Gasteiger partial charge is 0.444 e. The summed E-state index contributed by atoms with van der Waals surface area (Å²) in [4.78, 5) is 41.2. The molecule has 0 saturated heterocycles. The summed E-state index contributed by atoms with van der Waals surface area (Å²) in [5.74, 6) is -1.49. The van der Waals surface area contributed by atoms with E-state index < -0.39 is 35.6 Å². The van der Waals surface area contributed by atoms with Crippen molar-refractivity contribution in [3.05, 3.63) is 63.7 Å². The fourth-order valence-corrected chi connectivity index (χ4v) is 4.07. The van der Waals surface area contributed by atoms with Crippen LogP contribution in [-0.4, -0.2) is 34.5 Å². The third kappa shape index (κ3) is 7.74. The number of nitrogens with zero attached hydrogens (tertiary/aromatic N) is 1. The highest BCUT2D eigenvalue weighted by Gasteiger charge is 2.38. The van der Waals surface area contributed by atoms with Gasteiger partial charge in [-0.1, -0.05) is 67.8 Å². The number of terminal acetylenes is 1. The Labute approximate surface area is 224 Å². The Hall–Kier alpha value is -3.50. The predicted octanol–water partition coefficient (Wildman–Crippen LogP) is 5.91. The highest BCUT2D eigenvalue weighted by Crippen LogP contribution is 2.31. The molecule has 0 heterocycles. The third-order valence-electron chi connectivity index (χ3n) is 5.69. The van der Waals surface area contributed by atoms with Crippen LogP contribution in [0.4, 0.5) is 10.5 Å². The highest BCUT2D eigenvalue weighted by atomic mass is 35.5. The fraction of sp³-hybridized carbons (Fsp3) is 0.414. The van der Waals surface area contributed by atoms with Crippen molar-refractivity contribution in [2.45, 2.75) is 73.1 Å². The van der Waals surface area contributed by atoms with Crippen molar-refractivity contribution < 1.29 is 19.1 Å². The van der Waals surface area contributed by atoms with E-state index in [0.717, 1.165) is 21.6 Å². The van der Waals surface area contributed by atoms with Crippen molar-refractivity contribution in [2.24, 2.45) is 5.92 Å². The molecule has 8 heteroatoms. The van der Waals surface area contributed by atoms with Gasteiger partial charge in [0.1, 0.15) is 17.7 Å². The van der Waals surface area contributed by atoms with Gasteiger partial charge in [0.2, 0.25) is 0 Å². The van der Waals surface area contributed by atoms with Crippen LogP contribution in [0.5, 0.6) is 0 Å². The first-order valence-electron chi connectivity index (χ1n) is 12.1. The number of aryl methyl sites for hydroxylation is 3. The molecule has 0 aliphatic carbocycles. The number of hydrogen-bond acceptors (Lipinski definition) is 4. The average Bonchev–Trinajstić information content (AvgIpc) is 2.78. The number of rotatable bonds is 7. The lowest BCUT2D eigenvalue weighted by Gasteiger charge is -2.32. The van der Waals surface area contributed by atoms with Gasteiger partial charge >= 0.3 is 6.09 Å². The molecule has 0 aliphatic heterocycles. The molecule has 0 aromatic heterocycles. The second-order valence-corrected chi connectivity index (χ2v) is 10.8. The summed E-state index contributed by atoms with van der Waals surface area (Å²) in [6, 6.07) is 11.0. The van der Waals surface area contributed by atoms with Crippen LogP contribution in [-0.2, 0) is 14.3 Å². The van der Waals surface area contributed by atoms with Crippen LogP contribution in [0.25, 0.3) is 0 Å². The maximum absolute atomic E-state index is 13.8. The summed E-state index contributed by atoms with van der Waals surface area (Å²) in [5, 5.41) is 5.85.